The average molecular weight is 465 g/mol. The number of carbonyl (C=O) groups is 1. The topological polar surface area (TPSA) is 83.4 Å². The molecule has 0 saturated carbocycles. The number of fused-ring (bicyclic) bond motifs is 1. The molecule has 1 aliphatic heterocycles. The third-order valence-corrected chi connectivity index (χ3v) is 6.85. The van der Waals surface area contributed by atoms with Crippen molar-refractivity contribution >= 4 is 28.1 Å². The highest BCUT2D eigenvalue weighted by Crippen LogP contribution is 2.20. The van der Waals surface area contributed by atoms with Crippen LogP contribution in [0.25, 0.3) is 10.9 Å². The molecule has 3 aromatic heterocycles. The van der Waals surface area contributed by atoms with Gasteiger partial charge in [-0.1, -0.05) is 24.3 Å². The molecule has 7 nitrogen and oxygen atoms in total. The second kappa shape index (κ2) is 10.3. The maximum absolute atomic E-state index is 12.5. The van der Waals surface area contributed by atoms with E-state index in [1.165, 1.54) is 22.1 Å². The predicted octanol–water partition coefficient (Wildman–Crippen LogP) is 4.37. The molecule has 1 unspecified atom stereocenters. The van der Waals surface area contributed by atoms with Crippen molar-refractivity contribution in [3.05, 3.63) is 76.3 Å². The lowest BCUT2D eigenvalue weighted by Crippen LogP contribution is -2.32. The number of thiophene rings is 1. The van der Waals surface area contributed by atoms with Gasteiger partial charge in [-0.2, -0.15) is 0 Å². The molecule has 5 rings (SSSR count). The first kappa shape index (κ1) is 21.9. The Balaban J connectivity index is 1.23. The predicted molar refractivity (Wildman–Crippen MR) is 128 cm³/mol. The van der Waals surface area contributed by atoms with E-state index < -0.39 is 0 Å². The van der Waals surface area contributed by atoms with Gasteiger partial charge in [0.05, 0.1) is 12.6 Å². The highest BCUT2D eigenvalue weighted by molar-refractivity contribution is 7.09. The number of ether oxygens (including phenoxy) is 1. The Morgan fingerprint density at radius 3 is 3.03 bits per heavy atom. The van der Waals surface area contributed by atoms with Gasteiger partial charge >= 0.3 is 0 Å². The van der Waals surface area contributed by atoms with Crippen LogP contribution in [0.3, 0.4) is 0 Å². The van der Waals surface area contributed by atoms with Crippen LogP contribution in [0.5, 0.6) is 0 Å². The van der Waals surface area contributed by atoms with Crippen molar-refractivity contribution in [1.29, 1.82) is 0 Å². The van der Waals surface area contributed by atoms with Crippen LogP contribution in [0, 0.1) is 0 Å². The molecule has 4 aromatic rings. The summed E-state index contributed by atoms with van der Waals surface area (Å²) >= 11 is 1.74. The summed E-state index contributed by atoms with van der Waals surface area (Å²) in [6, 6.07) is 12.6. The van der Waals surface area contributed by atoms with Crippen LogP contribution in [0.2, 0.25) is 0 Å². The van der Waals surface area contributed by atoms with Gasteiger partial charge in [0.1, 0.15) is 6.26 Å². The van der Waals surface area contributed by atoms with Crippen LogP contribution in [0.4, 0.5) is 0 Å². The molecule has 0 spiro atoms. The Bertz CT molecular complexity index is 1180. The van der Waals surface area contributed by atoms with Crippen LogP contribution in [-0.4, -0.2) is 46.6 Å². The van der Waals surface area contributed by atoms with E-state index in [0.29, 0.717) is 24.7 Å². The number of para-hydroxylation sites is 1. The van der Waals surface area contributed by atoms with Crippen molar-refractivity contribution in [3.63, 3.8) is 0 Å². The number of hydrogen-bond acceptors (Lipinski definition) is 6. The number of hydrogen-bond donors (Lipinski definition) is 2. The minimum atomic E-state index is -0.218. The lowest BCUT2D eigenvalue weighted by Gasteiger charge is -2.20. The molecule has 1 aliphatic rings. The summed E-state index contributed by atoms with van der Waals surface area (Å²) in [5.41, 5.74) is 2.77. The van der Waals surface area contributed by atoms with Gasteiger partial charge in [0.25, 0.3) is 5.91 Å². The fraction of sp³-hybridized carbons (Fsp3) is 0.360. The third kappa shape index (κ3) is 5.52. The lowest BCUT2D eigenvalue weighted by molar-refractivity contribution is 0.0853. The van der Waals surface area contributed by atoms with Gasteiger partial charge in [-0.05, 0) is 42.3 Å². The summed E-state index contributed by atoms with van der Waals surface area (Å²) in [7, 11) is 0. The molecule has 33 heavy (non-hydrogen) atoms. The molecule has 1 amide bonds. The van der Waals surface area contributed by atoms with Crippen LogP contribution in [-0.2, 0) is 24.2 Å². The molecule has 1 saturated heterocycles. The van der Waals surface area contributed by atoms with Gasteiger partial charge in [-0.25, -0.2) is 4.98 Å². The highest BCUT2D eigenvalue weighted by atomic mass is 32.1. The maximum Gasteiger partial charge on any atom is 0.273 e. The Labute approximate surface area is 196 Å². The molecule has 8 heteroatoms. The quantitative estimate of drug-likeness (QED) is 0.364. The fourth-order valence-corrected chi connectivity index (χ4v) is 4.98. The van der Waals surface area contributed by atoms with E-state index in [9.17, 15) is 4.79 Å². The first-order valence-corrected chi connectivity index (χ1v) is 12.3. The molecule has 0 aliphatic carbocycles. The van der Waals surface area contributed by atoms with E-state index in [-0.39, 0.29) is 12.0 Å². The minimum absolute atomic E-state index is 0.103. The Morgan fingerprint density at radius 1 is 1.24 bits per heavy atom. The van der Waals surface area contributed by atoms with Gasteiger partial charge in [0.15, 0.2) is 5.69 Å². The minimum Gasteiger partial charge on any atom is -0.447 e. The number of nitrogens with one attached hydrogen (secondary N) is 2. The number of H-pyrrole nitrogens is 1. The van der Waals surface area contributed by atoms with Crippen LogP contribution in [0.15, 0.2) is 58.7 Å². The molecule has 172 valence electrons. The monoisotopic (exact) mass is 464 g/mol. The van der Waals surface area contributed by atoms with E-state index in [2.05, 4.69) is 62.1 Å². The zero-order valence-corrected chi connectivity index (χ0v) is 19.3. The summed E-state index contributed by atoms with van der Waals surface area (Å²) in [5, 5.41) is 6.25. The van der Waals surface area contributed by atoms with Crippen molar-refractivity contribution in [1.82, 2.24) is 20.2 Å². The van der Waals surface area contributed by atoms with Crippen molar-refractivity contribution < 1.29 is 13.9 Å². The molecule has 1 fully saturated rings. The summed E-state index contributed by atoms with van der Waals surface area (Å²) < 4.78 is 11.2. The molecule has 4 heterocycles. The van der Waals surface area contributed by atoms with Crippen molar-refractivity contribution in [2.75, 3.05) is 19.7 Å². The number of carbonyl (C=O) groups excluding carboxylic acids is 1. The number of aromatic amines is 1. The molecular weight excluding hydrogens is 436 g/mol. The molecule has 1 atom stereocenters. The van der Waals surface area contributed by atoms with Gasteiger partial charge in [-0.3, -0.25) is 9.69 Å². The third-order valence-electron chi connectivity index (χ3n) is 5.99. The summed E-state index contributed by atoms with van der Waals surface area (Å²) in [5.74, 6) is 0.330. The maximum atomic E-state index is 12.5. The van der Waals surface area contributed by atoms with E-state index in [0.717, 1.165) is 44.5 Å². The largest absolute Gasteiger partial charge is 0.447 e. The SMILES string of the molecule is O=C(NCC1CCCO1)c1coc(CN(CCc2c[nH]c3ccccc23)Cc2cccs2)n1. The first-order valence-electron chi connectivity index (χ1n) is 11.4. The molecule has 1 aromatic carbocycles. The highest BCUT2D eigenvalue weighted by Gasteiger charge is 2.19. The van der Waals surface area contributed by atoms with Crippen LogP contribution >= 0.6 is 11.3 Å². The standard InChI is InChI=1S/C25H28N4O3S/c30-25(27-14-19-5-3-11-31-19)23-17-32-24(28-23)16-29(15-20-6-4-12-33-20)10-9-18-13-26-22-8-2-1-7-21(18)22/h1-2,4,6-8,12-13,17,19,26H,3,5,9-11,14-16H2,(H,27,30). The van der Waals surface area contributed by atoms with Crippen molar-refractivity contribution in [3.8, 4) is 0 Å². The van der Waals surface area contributed by atoms with Gasteiger partial charge in [-0.15, -0.1) is 11.3 Å². The van der Waals surface area contributed by atoms with Crippen molar-refractivity contribution in [2.24, 2.45) is 0 Å². The lowest BCUT2D eigenvalue weighted by atomic mass is 10.1. The first-order chi connectivity index (χ1) is 16.2. The Hall–Kier alpha value is -2.94. The molecular formula is C25H28N4O3S. The second-order valence-electron chi connectivity index (χ2n) is 8.37. The van der Waals surface area contributed by atoms with E-state index in [4.69, 9.17) is 9.15 Å². The zero-order chi connectivity index (χ0) is 22.5. The van der Waals surface area contributed by atoms with Crippen LogP contribution < -0.4 is 5.32 Å². The number of amides is 1. The normalized spacial score (nSPS) is 16.1. The Morgan fingerprint density at radius 2 is 2.18 bits per heavy atom. The zero-order valence-electron chi connectivity index (χ0n) is 18.5. The average Bonchev–Trinajstić information content (AvgIpc) is 3.64. The van der Waals surface area contributed by atoms with Gasteiger partial charge in [0.2, 0.25) is 5.89 Å². The van der Waals surface area contributed by atoms with Crippen molar-refractivity contribution in [2.45, 2.75) is 38.5 Å². The fourth-order valence-electron chi connectivity index (χ4n) is 4.24. The van der Waals surface area contributed by atoms with Gasteiger partial charge in [0, 0.05) is 48.2 Å². The summed E-state index contributed by atoms with van der Waals surface area (Å²) in [6.45, 7) is 3.48. The number of oxazole rings is 1. The van der Waals surface area contributed by atoms with Gasteiger partial charge < -0.3 is 19.5 Å². The number of nitrogens with zero attached hydrogens (tertiary/aromatic N) is 2. The molecule has 0 radical (unpaired) electrons. The van der Waals surface area contributed by atoms with E-state index in [1.54, 1.807) is 11.3 Å². The number of rotatable bonds is 10. The summed E-state index contributed by atoms with van der Waals surface area (Å²) in [4.78, 5) is 23.9. The van der Waals surface area contributed by atoms with E-state index in [1.807, 2.05) is 6.07 Å². The molecule has 2 N–H and O–H groups in total. The van der Waals surface area contributed by atoms with Crippen LogP contribution in [0.1, 0.15) is 39.7 Å². The Kier molecular flexibility index (Phi) is 6.85. The smallest absolute Gasteiger partial charge is 0.273 e. The van der Waals surface area contributed by atoms with E-state index >= 15 is 0 Å². The number of aromatic nitrogens is 2. The number of benzene rings is 1. The molecule has 0 bridgehead atoms. The second-order valence-corrected chi connectivity index (χ2v) is 9.40. The summed E-state index contributed by atoms with van der Waals surface area (Å²) in [6.07, 6.45) is 6.58.